The number of rotatable bonds is 1. The zero-order chi connectivity index (χ0) is 12.5. The summed E-state index contributed by atoms with van der Waals surface area (Å²) in [5, 5.41) is 0. The van der Waals surface area contributed by atoms with Crippen molar-refractivity contribution in [2.75, 3.05) is 6.54 Å². The fraction of sp³-hybridized carbons (Fsp3) is 0.933. The molecule has 0 radical (unpaired) electrons. The Labute approximate surface area is 110 Å². The molecule has 3 heteroatoms. The van der Waals surface area contributed by atoms with Crippen molar-refractivity contribution in [1.82, 2.24) is 4.90 Å². The van der Waals surface area contributed by atoms with Crippen LogP contribution >= 0.6 is 0 Å². The average molecular weight is 250 g/mol. The first-order valence-electron chi connectivity index (χ1n) is 7.83. The van der Waals surface area contributed by atoms with Crippen LogP contribution in [0.4, 0.5) is 0 Å². The zero-order valence-electron chi connectivity index (χ0n) is 11.3. The molecule has 18 heavy (non-hydrogen) atoms. The number of nitrogens with zero attached hydrogens (tertiary/aromatic N) is 1. The topological polar surface area (TPSA) is 46.3 Å². The van der Waals surface area contributed by atoms with Gasteiger partial charge in [0.2, 0.25) is 5.91 Å². The second-order valence-corrected chi connectivity index (χ2v) is 6.49. The lowest BCUT2D eigenvalue weighted by molar-refractivity contribution is -0.141. The molecule has 1 heterocycles. The fourth-order valence-electron chi connectivity index (χ4n) is 4.41. The zero-order valence-corrected chi connectivity index (χ0v) is 11.3. The Morgan fingerprint density at radius 1 is 0.944 bits per heavy atom. The molecule has 3 nitrogen and oxygen atoms in total. The maximum Gasteiger partial charge on any atom is 0.227 e. The van der Waals surface area contributed by atoms with E-state index in [1.165, 1.54) is 44.9 Å². The normalized spacial score (nSPS) is 40.6. The van der Waals surface area contributed by atoms with Gasteiger partial charge in [-0.05, 0) is 44.4 Å². The summed E-state index contributed by atoms with van der Waals surface area (Å²) in [5.74, 6) is 1.31. The Bertz CT molecular complexity index is 318. The van der Waals surface area contributed by atoms with Crippen LogP contribution in [0.3, 0.4) is 0 Å². The molecule has 102 valence electrons. The van der Waals surface area contributed by atoms with Gasteiger partial charge >= 0.3 is 0 Å². The van der Waals surface area contributed by atoms with Gasteiger partial charge in [-0.1, -0.05) is 19.3 Å². The number of nitrogens with two attached hydrogens (primary N) is 1. The average Bonchev–Trinajstić information content (AvgIpc) is 2.86. The first-order chi connectivity index (χ1) is 8.77. The first-order valence-corrected chi connectivity index (χ1v) is 7.83. The van der Waals surface area contributed by atoms with Gasteiger partial charge in [-0.2, -0.15) is 0 Å². The van der Waals surface area contributed by atoms with Crippen LogP contribution in [0.25, 0.3) is 0 Å². The lowest BCUT2D eigenvalue weighted by Gasteiger charge is -2.41. The van der Waals surface area contributed by atoms with Gasteiger partial charge in [0.1, 0.15) is 0 Å². The van der Waals surface area contributed by atoms with E-state index in [-0.39, 0.29) is 12.0 Å². The molecule has 0 spiro atoms. The number of carbonyl (C=O) groups excluding carboxylic acids is 1. The van der Waals surface area contributed by atoms with Crippen molar-refractivity contribution in [1.29, 1.82) is 0 Å². The molecule has 0 aromatic carbocycles. The second kappa shape index (κ2) is 5.20. The van der Waals surface area contributed by atoms with E-state index in [9.17, 15) is 4.79 Å². The van der Waals surface area contributed by atoms with Crippen LogP contribution in [0.1, 0.15) is 57.8 Å². The Morgan fingerprint density at radius 3 is 2.56 bits per heavy atom. The smallest absolute Gasteiger partial charge is 0.227 e. The molecule has 3 fully saturated rings. The Kier molecular flexibility index (Phi) is 3.60. The number of hydrogen-bond acceptors (Lipinski definition) is 2. The largest absolute Gasteiger partial charge is 0.339 e. The first kappa shape index (κ1) is 12.5. The predicted octanol–water partition coefficient (Wildman–Crippen LogP) is 2.29. The number of amides is 1. The minimum Gasteiger partial charge on any atom is -0.339 e. The molecule has 0 aromatic rings. The van der Waals surface area contributed by atoms with Crippen molar-refractivity contribution in [2.24, 2.45) is 17.6 Å². The number of piperidine rings is 1. The third-order valence-corrected chi connectivity index (χ3v) is 5.41. The van der Waals surface area contributed by atoms with Crippen molar-refractivity contribution in [3.8, 4) is 0 Å². The molecule has 4 unspecified atom stereocenters. The maximum atomic E-state index is 12.8. The van der Waals surface area contributed by atoms with Crippen molar-refractivity contribution in [3.05, 3.63) is 0 Å². The summed E-state index contributed by atoms with van der Waals surface area (Å²) in [4.78, 5) is 15.0. The molecule has 3 rings (SSSR count). The van der Waals surface area contributed by atoms with E-state index < -0.39 is 0 Å². The third kappa shape index (κ3) is 2.18. The number of carbonyl (C=O) groups is 1. The van der Waals surface area contributed by atoms with Gasteiger partial charge in [0.25, 0.3) is 0 Å². The SMILES string of the molecule is NC1CCCCC1C(=O)N1CCCC2CCCC21. The minimum absolute atomic E-state index is 0.119. The molecule has 2 saturated carbocycles. The Morgan fingerprint density at radius 2 is 1.72 bits per heavy atom. The highest BCUT2D eigenvalue weighted by Crippen LogP contribution is 2.38. The quantitative estimate of drug-likeness (QED) is 0.776. The van der Waals surface area contributed by atoms with Crippen LogP contribution in [0.2, 0.25) is 0 Å². The molecule has 0 bridgehead atoms. The fourth-order valence-corrected chi connectivity index (χ4v) is 4.41. The van der Waals surface area contributed by atoms with E-state index in [1.54, 1.807) is 0 Å². The van der Waals surface area contributed by atoms with E-state index >= 15 is 0 Å². The van der Waals surface area contributed by atoms with Crippen LogP contribution in [-0.4, -0.2) is 29.4 Å². The van der Waals surface area contributed by atoms with E-state index in [1.807, 2.05) is 0 Å². The highest BCUT2D eigenvalue weighted by molar-refractivity contribution is 5.80. The van der Waals surface area contributed by atoms with Gasteiger partial charge in [-0.25, -0.2) is 0 Å². The molecule has 1 saturated heterocycles. The summed E-state index contributed by atoms with van der Waals surface area (Å²) in [6, 6.07) is 0.674. The standard InChI is InChI=1S/C15H26N2O/c16-13-8-2-1-7-12(13)15(18)17-10-4-6-11-5-3-9-14(11)17/h11-14H,1-10,16H2. The molecule has 0 aromatic heterocycles. The Balaban J connectivity index is 1.70. The maximum absolute atomic E-state index is 12.8. The Hall–Kier alpha value is -0.570. The van der Waals surface area contributed by atoms with E-state index in [0.29, 0.717) is 11.9 Å². The van der Waals surface area contributed by atoms with Gasteiger partial charge in [0.05, 0.1) is 5.92 Å². The van der Waals surface area contributed by atoms with Crippen molar-refractivity contribution >= 4 is 5.91 Å². The van der Waals surface area contributed by atoms with Crippen molar-refractivity contribution < 1.29 is 4.79 Å². The third-order valence-electron chi connectivity index (χ3n) is 5.41. The highest BCUT2D eigenvalue weighted by atomic mass is 16.2. The van der Waals surface area contributed by atoms with Crippen molar-refractivity contribution in [3.63, 3.8) is 0 Å². The molecule has 4 atom stereocenters. The van der Waals surface area contributed by atoms with Crippen LogP contribution < -0.4 is 5.73 Å². The molecule has 1 aliphatic heterocycles. The lowest BCUT2D eigenvalue weighted by Crippen LogP contribution is -2.52. The lowest BCUT2D eigenvalue weighted by atomic mass is 9.82. The summed E-state index contributed by atoms with van der Waals surface area (Å²) in [7, 11) is 0. The van der Waals surface area contributed by atoms with E-state index in [0.717, 1.165) is 25.3 Å². The summed E-state index contributed by atoms with van der Waals surface area (Å²) >= 11 is 0. The molecule has 2 N–H and O–H groups in total. The number of hydrogen-bond donors (Lipinski definition) is 1. The molecular weight excluding hydrogens is 224 g/mol. The summed E-state index contributed by atoms with van der Waals surface area (Å²) in [6.45, 7) is 0.989. The van der Waals surface area contributed by atoms with Crippen molar-refractivity contribution in [2.45, 2.75) is 69.9 Å². The van der Waals surface area contributed by atoms with Gasteiger partial charge in [0, 0.05) is 18.6 Å². The molecule has 1 amide bonds. The summed E-state index contributed by atoms with van der Waals surface area (Å²) in [5.41, 5.74) is 6.18. The van der Waals surface area contributed by atoms with Gasteiger partial charge in [-0.3, -0.25) is 4.79 Å². The van der Waals surface area contributed by atoms with E-state index in [4.69, 9.17) is 5.73 Å². The van der Waals surface area contributed by atoms with Crippen LogP contribution in [0.5, 0.6) is 0 Å². The summed E-state index contributed by atoms with van der Waals surface area (Å²) in [6.07, 6.45) is 10.9. The molecule has 3 aliphatic rings. The number of likely N-dealkylation sites (tertiary alicyclic amines) is 1. The minimum atomic E-state index is 0.119. The summed E-state index contributed by atoms with van der Waals surface area (Å²) < 4.78 is 0. The van der Waals surface area contributed by atoms with Crippen LogP contribution in [0.15, 0.2) is 0 Å². The predicted molar refractivity (Wildman–Crippen MR) is 72.0 cm³/mol. The van der Waals surface area contributed by atoms with Crippen LogP contribution in [0, 0.1) is 11.8 Å². The van der Waals surface area contributed by atoms with Gasteiger partial charge in [-0.15, -0.1) is 0 Å². The number of fused-ring (bicyclic) bond motifs is 1. The second-order valence-electron chi connectivity index (χ2n) is 6.49. The monoisotopic (exact) mass is 250 g/mol. The molecule has 2 aliphatic carbocycles. The van der Waals surface area contributed by atoms with Gasteiger partial charge < -0.3 is 10.6 Å². The van der Waals surface area contributed by atoms with Gasteiger partial charge in [0.15, 0.2) is 0 Å². The highest BCUT2D eigenvalue weighted by Gasteiger charge is 2.40. The van der Waals surface area contributed by atoms with Crippen LogP contribution in [-0.2, 0) is 4.79 Å². The molecular formula is C15H26N2O. The van der Waals surface area contributed by atoms with E-state index in [2.05, 4.69) is 4.90 Å².